The van der Waals surface area contributed by atoms with Crippen LogP contribution < -0.4 is 0 Å². The highest BCUT2D eigenvalue weighted by atomic mass is 32.3. The van der Waals surface area contributed by atoms with Crippen molar-refractivity contribution in [1.82, 2.24) is 0 Å². The van der Waals surface area contributed by atoms with Gasteiger partial charge in [0.1, 0.15) is 0 Å². The Balaban J connectivity index is 4.26. The zero-order chi connectivity index (χ0) is 9.12. The quantitative estimate of drug-likeness (QED) is 0.623. The van der Waals surface area contributed by atoms with Crippen LogP contribution in [-0.2, 0) is 18.8 Å². The normalized spacial score (nSPS) is 17.8. The van der Waals surface area contributed by atoms with Crippen LogP contribution in [0.4, 0.5) is 0 Å². The van der Waals surface area contributed by atoms with E-state index in [4.69, 9.17) is 5.11 Å². The second kappa shape index (κ2) is 3.48. The highest BCUT2D eigenvalue weighted by Gasteiger charge is 2.26. The second-order valence-corrected chi connectivity index (χ2v) is 3.50. The van der Waals surface area contributed by atoms with Crippen molar-refractivity contribution in [2.75, 3.05) is 7.11 Å². The van der Waals surface area contributed by atoms with Gasteiger partial charge in [0.05, 0.1) is 7.11 Å². The molecule has 0 saturated heterocycles. The predicted octanol–water partition coefficient (Wildman–Crippen LogP) is 0.0127. The summed E-state index contributed by atoms with van der Waals surface area (Å²) in [5.74, 6) is -1.69. The first-order valence-corrected chi connectivity index (χ1v) is 4.40. The van der Waals surface area contributed by atoms with E-state index >= 15 is 0 Å². The third kappa shape index (κ3) is 4.31. The fraction of sp³-hybridized carbons (Fsp3) is 1.00. The van der Waals surface area contributed by atoms with Crippen LogP contribution in [0.25, 0.3) is 0 Å². The van der Waals surface area contributed by atoms with Crippen LogP contribution in [0.5, 0.6) is 0 Å². The Bertz CT molecular complexity index is 205. The monoisotopic (exact) mass is 184 g/mol. The SMILES string of the molecule is CCC(C)(O)OS(=O)(=O)OC. The number of hydrogen-bond donors (Lipinski definition) is 1. The Morgan fingerprint density at radius 1 is 1.55 bits per heavy atom. The minimum atomic E-state index is -4.04. The largest absolute Gasteiger partial charge is 0.402 e. The van der Waals surface area contributed by atoms with E-state index in [2.05, 4.69) is 8.37 Å². The zero-order valence-corrected chi connectivity index (χ0v) is 7.51. The molecule has 0 amide bonds. The summed E-state index contributed by atoms with van der Waals surface area (Å²) in [5, 5.41) is 9.11. The van der Waals surface area contributed by atoms with Gasteiger partial charge in [0.15, 0.2) is 5.79 Å². The van der Waals surface area contributed by atoms with E-state index in [0.717, 1.165) is 7.11 Å². The van der Waals surface area contributed by atoms with Crippen molar-refractivity contribution >= 4 is 10.4 Å². The van der Waals surface area contributed by atoms with Crippen LogP contribution in [0.3, 0.4) is 0 Å². The standard InChI is InChI=1S/C5H12O5S/c1-4-5(2,6)10-11(7,8)9-3/h6H,4H2,1-3H3. The lowest BCUT2D eigenvalue weighted by Gasteiger charge is -2.19. The molecular weight excluding hydrogens is 172 g/mol. The highest BCUT2D eigenvalue weighted by molar-refractivity contribution is 7.81. The summed E-state index contributed by atoms with van der Waals surface area (Å²) < 4.78 is 29.3. The highest BCUT2D eigenvalue weighted by Crippen LogP contribution is 2.14. The van der Waals surface area contributed by atoms with E-state index in [1.165, 1.54) is 6.92 Å². The number of aliphatic hydroxyl groups is 1. The molecule has 0 fully saturated rings. The first-order chi connectivity index (χ1) is 4.83. The molecule has 0 rings (SSSR count). The molecule has 0 spiro atoms. The number of hydrogen-bond acceptors (Lipinski definition) is 5. The van der Waals surface area contributed by atoms with Crippen molar-refractivity contribution in [3.63, 3.8) is 0 Å². The molecule has 0 aromatic rings. The maximum Gasteiger partial charge on any atom is 0.402 e. The third-order valence-corrected chi connectivity index (χ3v) is 2.11. The van der Waals surface area contributed by atoms with Crippen molar-refractivity contribution < 1.29 is 21.9 Å². The minimum Gasteiger partial charge on any atom is -0.365 e. The molecule has 0 aliphatic carbocycles. The van der Waals surface area contributed by atoms with Crippen LogP contribution >= 0.6 is 0 Å². The van der Waals surface area contributed by atoms with E-state index < -0.39 is 16.2 Å². The summed E-state index contributed by atoms with van der Waals surface area (Å²) in [6, 6.07) is 0. The molecular formula is C5H12O5S. The van der Waals surface area contributed by atoms with Gasteiger partial charge in [-0.2, -0.15) is 8.42 Å². The van der Waals surface area contributed by atoms with Crippen molar-refractivity contribution in [3.05, 3.63) is 0 Å². The van der Waals surface area contributed by atoms with Crippen LogP contribution in [0, 0.1) is 0 Å². The molecule has 1 N–H and O–H groups in total. The van der Waals surface area contributed by atoms with Crippen LogP contribution in [-0.4, -0.2) is 26.4 Å². The van der Waals surface area contributed by atoms with Gasteiger partial charge in [0, 0.05) is 0 Å². The summed E-state index contributed by atoms with van der Waals surface area (Å²) in [4.78, 5) is 0. The molecule has 11 heavy (non-hydrogen) atoms. The van der Waals surface area contributed by atoms with Crippen LogP contribution in [0.1, 0.15) is 20.3 Å². The van der Waals surface area contributed by atoms with Crippen molar-refractivity contribution in [1.29, 1.82) is 0 Å². The molecule has 0 bridgehead atoms. The Morgan fingerprint density at radius 3 is 2.27 bits per heavy atom. The Morgan fingerprint density at radius 2 is 2.00 bits per heavy atom. The minimum absolute atomic E-state index is 0.162. The summed E-state index contributed by atoms with van der Waals surface area (Å²) in [5.41, 5.74) is 0. The molecule has 0 saturated carbocycles. The van der Waals surface area contributed by atoms with Gasteiger partial charge < -0.3 is 5.11 Å². The van der Waals surface area contributed by atoms with Gasteiger partial charge in [0.2, 0.25) is 0 Å². The van der Waals surface area contributed by atoms with Gasteiger partial charge in [-0.05, 0) is 13.3 Å². The molecule has 68 valence electrons. The fourth-order valence-electron chi connectivity index (χ4n) is 0.313. The van der Waals surface area contributed by atoms with Crippen molar-refractivity contribution in [2.24, 2.45) is 0 Å². The third-order valence-electron chi connectivity index (χ3n) is 1.14. The Labute approximate surface area is 66.3 Å². The maximum atomic E-state index is 10.6. The average molecular weight is 184 g/mol. The van der Waals surface area contributed by atoms with Crippen LogP contribution in [0.2, 0.25) is 0 Å². The van der Waals surface area contributed by atoms with E-state index in [-0.39, 0.29) is 6.42 Å². The predicted molar refractivity (Wildman–Crippen MR) is 37.9 cm³/mol. The molecule has 0 radical (unpaired) electrons. The van der Waals surface area contributed by atoms with E-state index in [1.54, 1.807) is 6.92 Å². The molecule has 0 aliphatic heterocycles. The molecule has 1 unspecified atom stereocenters. The number of rotatable bonds is 4. The summed E-state index contributed by atoms with van der Waals surface area (Å²) in [6.07, 6.45) is 0.162. The van der Waals surface area contributed by atoms with E-state index in [9.17, 15) is 8.42 Å². The Hall–Kier alpha value is -0.170. The lowest BCUT2D eigenvalue weighted by atomic mass is 10.3. The lowest BCUT2D eigenvalue weighted by Crippen LogP contribution is -2.30. The van der Waals surface area contributed by atoms with Crippen molar-refractivity contribution in [3.8, 4) is 0 Å². The molecule has 0 aliphatic rings. The zero-order valence-electron chi connectivity index (χ0n) is 6.70. The van der Waals surface area contributed by atoms with E-state index in [0.29, 0.717) is 0 Å². The fourth-order valence-corrected chi connectivity index (χ4v) is 0.938. The smallest absolute Gasteiger partial charge is 0.365 e. The molecule has 1 atom stereocenters. The first kappa shape index (κ1) is 10.8. The average Bonchev–Trinajstić information content (AvgIpc) is 1.86. The lowest BCUT2D eigenvalue weighted by molar-refractivity contribution is -0.125. The molecule has 5 nitrogen and oxygen atoms in total. The van der Waals surface area contributed by atoms with Gasteiger partial charge in [-0.25, -0.2) is 4.18 Å². The Kier molecular flexibility index (Phi) is 3.43. The topological polar surface area (TPSA) is 72.8 Å². The second-order valence-electron chi connectivity index (χ2n) is 2.19. The summed E-state index contributed by atoms with van der Waals surface area (Å²) in [7, 11) is -3.08. The van der Waals surface area contributed by atoms with Crippen molar-refractivity contribution in [2.45, 2.75) is 26.1 Å². The van der Waals surface area contributed by atoms with Crippen LogP contribution in [0.15, 0.2) is 0 Å². The summed E-state index contributed by atoms with van der Waals surface area (Å²) >= 11 is 0. The summed E-state index contributed by atoms with van der Waals surface area (Å²) in [6.45, 7) is 2.83. The molecule has 0 heterocycles. The van der Waals surface area contributed by atoms with Gasteiger partial charge in [-0.1, -0.05) is 6.92 Å². The van der Waals surface area contributed by atoms with Gasteiger partial charge in [0.25, 0.3) is 0 Å². The van der Waals surface area contributed by atoms with E-state index in [1.807, 2.05) is 0 Å². The van der Waals surface area contributed by atoms with Gasteiger partial charge in [-0.15, -0.1) is 0 Å². The first-order valence-electron chi connectivity index (χ1n) is 3.06. The van der Waals surface area contributed by atoms with Gasteiger partial charge in [-0.3, -0.25) is 4.18 Å². The molecule has 0 aromatic carbocycles. The van der Waals surface area contributed by atoms with Gasteiger partial charge >= 0.3 is 10.4 Å². The molecule has 6 heteroatoms. The molecule has 0 aromatic heterocycles. The maximum absolute atomic E-state index is 10.6.